The molecule has 1 saturated heterocycles. The lowest BCUT2D eigenvalue weighted by Crippen LogP contribution is -2.15. The standard InChI is InChI=1S/C12H22O3/c13-9-5-2-1-3-7-11-8-4-6-10-15-12(11)14/h11,13H,1-10H2. The van der Waals surface area contributed by atoms with E-state index in [1.54, 1.807) is 0 Å². The number of aliphatic hydroxyl groups excluding tert-OH is 1. The molecule has 0 aliphatic carbocycles. The molecule has 0 saturated carbocycles. The third-order valence-electron chi connectivity index (χ3n) is 2.99. The molecule has 1 heterocycles. The number of aliphatic hydroxyl groups is 1. The van der Waals surface area contributed by atoms with Crippen LogP contribution in [0.15, 0.2) is 0 Å². The predicted molar refractivity (Wildman–Crippen MR) is 58.5 cm³/mol. The number of esters is 1. The van der Waals surface area contributed by atoms with Crippen molar-refractivity contribution in [3.05, 3.63) is 0 Å². The summed E-state index contributed by atoms with van der Waals surface area (Å²) < 4.78 is 5.11. The number of carbonyl (C=O) groups is 1. The molecule has 0 bridgehead atoms. The van der Waals surface area contributed by atoms with Crippen molar-refractivity contribution >= 4 is 5.97 Å². The lowest BCUT2D eigenvalue weighted by atomic mass is 9.96. The molecule has 3 heteroatoms. The number of hydrogen-bond donors (Lipinski definition) is 1. The zero-order valence-corrected chi connectivity index (χ0v) is 9.41. The van der Waals surface area contributed by atoms with Gasteiger partial charge in [-0.3, -0.25) is 4.79 Å². The number of carbonyl (C=O) groups excluding carboxylic acids is 1. The molecule has 0 spiro atoms. The van der Waals surface area contributed by atoms with Crippen molar-refractivity contribution in [2.45, 2.75) is 51.4 Å². The third-order valence-corrected chi connectivity index (χ3v) is 2.99. The molecular weight excluding hydrogens is 192 g/mol. The van der Waals surface area contributed by atoms with Gasteiger partial charge in [-0.2, -0.15) is 0 Å². The second kappa shape index (κ2) is 7.69. The largest absolute Gasteiger partial charge is 0.465 e. The van der Waals surface area contributed by atoms with E-state index in [0.29, 0.717) is 6.61 Å². The molecule has 88 valence electrons. The summed E-state index contributed by atoms with van der Waals surface area (Å²) in [7, 11) is 0. The lowest BCUT2D eigenvalue weighted by molar-refractivity contribution is -0.147. The van der Waals surface area contributed by atoms with Crippen LogP contribution in [-0.2, 0) is 9.53 Å². The first-order valence-electron chi connectivity index (χ1n) is 6.12. The van der Waals surface area contributed by atoms with Gasteiger partial charge in [0.2, 0.25) is 0 Å². The maximum absolute atomic E-state index is 11.5. The Labute approximate surface area is 91.8 Å². The quantitative estimate of drug-likeness (QED) is 0.545. The first-order chi connectivity index (χ1) is 7.34. The minimum Gasteiger partial charge on any atom is -0.465 e. The van der Waals surface area contributed by atoms with Gasteiger partial charge in [0.05, 0.1) is 12.5 Å². The molecule has 0 amide bonds. The predicted octanol–water partition coefficient (Wildman–Crippen LogP) is 2.27. The van der Waals surface area contributed by atoms with Gasteiger partial charge in [0.15, 0.2) is 0 Å². The molecule has 1 atom stereocenters. The minimum absolute atomic E-state index is 0.00894. The van der Waals surface area contributed by atoms with Crippen LogP contribution in [0.2, 0.25) is 0 Å². The maximum atomic E-state index is 11.5. The van der Waals surface area contributed by atoms with Gasteiger partial charge in [0, 0.05) is 6.61 Å². The Kier molecular flexibility index (Phi) is 6.41. The molecule has 1 fully saturated rings. The third kappa shape index (κ3) is 5.17. The molecule has 15 heavy (non-hydrogen) atoms. The van der Waals surface area contributed by atoms with Gasteiger partial charge >= 0.3 is 5.97 Å². The molecule has 3 nitrogen and oxygen atoms in total. The summed E-state index contributed by atoms with van der Waals surface area (Å²) in [6, 6.07) is 0. The Morgan fingerprint density at radius 3 is 2.80 bits per heavy atom. The van der Waals surface area contributed by atoms with E-state index >= 15 is 0 Å². The topological polar surface area (TPSA) is 46.5 Å². The van der Waals surface area contributed by atoms with Crippen molar-refractivity contribution in [1.82, 2.24) is 0 Å². The summed E-state index contributed by atoms with van der Waals surface area (Å²) in [6.07, 6.45) is 8.25. The first kappa shape index (κ1) is 12.5. The number of hydrogen-bond acceptors (Lipinski definition) is 3. The van der Waals surface area contributed by atoms with Gasteiger partial charge < -0.3 is 9.84 Å². The molecule has 0 radical (unpaired) electrons. The average molecular weight is 214 g/mol. The molecule has 0 aromatic rings. The van der Waals surface area contributed by atoms with E-state index in [2.05, 4.69) is 0 Å². The van der Waals surface area contributed by atoms with Gasteiger partial charge in [-0.15, -0.1) is 0 Å². The molecule has 1 rings (SSSR count). The number of unbranched alkanes of at least 4 members (excludes halogenated alkanes) is 3. The highest BCUT2D eigenvalue weighted by atomic mass is 16.5. The molecule has 1 N–H and O–H groups in total. The number of cyclic esters (lactones) is 1. The van der Waals surface area contributed by atoms with Gasteiger partial charge in [-0.25, -0.2) is 0 Å². The Bertz CT molecular complexity index is 180. The smallest absolute Gasteiger partial charge is 0.308 e. The normalized spacial score (nSPS) is 22.2. The summed E-state index contributed by atoms with van der Waals surface area (Å²) in [5.74, 6) is 0.149. The van der Waals surface area contributed by atoms with E-state index in [1.807, 2.05) is 0 Å². The van der Waals surface area contributed by atoms with Gasteiger partial charge in [0.1, 0.15) is 0 Å². The van der Waals surface area contributed by atoms with E-state index in [1.165, 1.54) is 0 Å². The Morgan fingerprint density at radius 1 is 1.20 bits per heavy atom. The van der Waals surface area contributed by atoms with Crippen LogP contribution in [0, 0.1) is 5.92 Å². The van der Waals surface area contributed by atoms with Crippen molar-refractivity contribution in [3.8, 4) is 0 Å². The lowest BCUT2D eigenvalue weighted by Gasteiger charge is -2.11. The SMILES string of the molecule is O=C1OCCCCC1CCCCCCO. The summed E-state index contributed by atoms with van der Waals surface area (Å²) in [4.78, 5) is 11.5. The van der Waals surface area contributed by atoms with Gasteiger partial charge in [-0.05, 0) is 32.1 Å². The number of ether oxygens (including phenoxy) is 1. The van der Waals surface area contributed by atoms with Crippen LogP contribution in [0.3, 0.4) is 0 Å². The fraction of sp³-hybridized carbons (Fsp3) is 0.917. The second-order valence-corrected chi connectivity index (χ2v) is 4.29. The molecule has 1 aliphatic heterocycles. The van der Waals surface area contributed by atoms with Crippen LogP contribution in [0.1, 0.15) is 51.4 Å². The maximum Gasteiger partial charge on any atom is 0.308 e. The van der Waals surface area contributed by atoms with Crippen LogP contribution in [-0.4, -0.2) is 24.3 Å². The fourth-order valence-electron chi connectivity index (χ4n) is 2.02. The first-order valence-corrected chi connectivity index (χ1v) is 6.12. The minimum atomic E-state index is 0.00894. The van der Waals surface area contributed by atoms with E-state index in [-0.39, 0.29) is 18.5 Å². The fourth-order valence-corrected chi connectivity index (χ4v) is 2.02. The van der Waals surface area contributed by atoms with E-state index in [0.717, 1.165) is 51.4 Å². The van der Waals surface area contributed by atoms with Gasteiger partial charge in [-0.1, -0.05) is 19.3 Å². The van der Waals surface area contributed by atoms with Crippen molar-refractivity contribution < 1.29 is 14.6 Å². The van der Waals surface area contributed by atoms with Crippen molar-refractivity contribution in [3.63, 3.8) is 0 Å². The monoisotopic (exact) mass is 214 g/mol. The average Bonchev–Trinajstić information content (AvgIpc) is 2.44. The summed E-state index contributed by atoms with van der Waals surface area (Å²) >= 11 is 0. The van der Waals surface area contributed by atoms with E-state index < -0.39 is 0 Å². The zero-order chi connectivity index (χ0) is 10.9. The van der Waals surface area contributed by atoms with Crippen molar-refractivity contribution in [1.29, 1.82) is 0 Å². The summed E-state index contributed by atoms with van der Waals surface area (Å²) in [5, 5.41) is 8.62. The highest BCUT2D eigenvalue weighted by Crippen LogP contribution is 2.21. The van der Waals surface area contributed by atoms with Crippen LogP contribution in [0.25, 0.3) is 0 Å². The Hall–Kier alpha value is -0.570. The van der Waals surface area contributed by atoms with Gasteiger partial charge in [0.25, 0.3) is 0 Å². The van der Waals surface area contributed by atoms with Crippen LogP contribution < -0.4 is 0 Å². The molecular formula is C12H22O3. The highest BCUT2D eigenvalue weighted by Gasteiger charge is 2.21. The van der Waals surface area contributed by atoms with E-state index in [9.17, 15) is 4.79 Å². The van der Waals surface area contributed by atoms with Crippen LogP contribution in [0.4, 0.5) is 0 Å². The van der Waals surface area contributed by atoms with Crippen molar-refractivity contribution in [2.24, 2.45) is 5.92 Å². The molecule has 1 aliphatic rings. The van der Waals surface area contributed by atoms with Crippen LogP contribution in [0.5, 0.6) is 0 Å². The Balaban J connectivity index is 2.10. The van der Waals surface area contributed by atoms with Crippen LogP contribution >= 0.6 is 0 Å². The van der Waals surface area contributed by atoms with Crippen molar-refractivity contribution in [2.75, 3.05) is 13.2 Å². The Morgan fingerprint density at radius 2 is 2.00 bits per heavy atom. The molecule has 0 aromatic carbocycles. The zero-order valence-electron chi connectivity index (χ0n) is 9.41. The second-order valence-electron chi connectivity index (χ2n) is 4.29. The summed E-state index contributed by atoms with van der Waals surface area (Å²) in [5.41, 5.74) is 0. The molecule has 0 aromatic heterocycles. The highest BCUT2D eigenvalue weighted by molar-refractivity contribution is 5.72. The van der Waals surface area contributed by atoms with E-state index in [4.69, 9.17) is 9.84 Å². The summed E-state index contributed by atoms with van der Waals surface area (Å²) in [6.45, 7) is 0.894. The molecule has 1 unspecified atom stereocenters. The number of rotatable bonds is 6.